The van der Waals surface area contributed by atoms with E-state index < -0.39 is 17.8 Å². The van der Waals surface area contributed by atoms with Crippen LogP contribution in [0.5, 0.6) is 0 Å². The first kappa shape index (κ1) is 24.2. The van der Waals surface area contributed by atoms with Gasteiger partial charge < -0.3 is 15.6 Å². The minimum atomic E-state index is -0.821. The van der Waals surface area contributed by atoms with Crippen molar-refractivity contribution in [3.05, 3.63) is 34.7 Å². The zero-order chi connectivity index (χ0) is 24.6. The number of hydrogen-bond donors (Lipinski definition) is 3. The molecule has 1 aliphatic heterocycles. The third-order valence-electron chi connectivity index (χ3n) is 6.69. The van der Waals surface area contributed by atoms with E-state index in [9.17, 15) is 24.0 Å². The summed E-state index contributed by atoms with van der Waals surface area (Å²) in [7, 11) is 0. The Hall–Kier alpha value is -2.92. The molecule has 3 unspecified atom stereocenters. The Labute approximate surface area is 202 Å². The standard InChI is InChI=1S/C25H28ClFN4O3/c1-25(2)11-16(24(34)31-25)8-17(12-28)29-23(33)15(7-13-3-4-13)10-20(32)19-9-14-5-6-18(26)21(27)22(14)30-19/h5-6,9,13,15-17,30H,3-4,7-8,10-11H2,1-2H3,(H,29,33)(H,31,34). The number of H-pyrrole nitrogens is 1. The number of halogens is 2. The Morgan fingerprint density at radius 2 is 2.06 bits per heavy atom. The normalized spacial score (nSPS) is 21.0. The predicted octanol–water partition coefficient (Wildman–Crippen LogP) is 4.26. The summed E-state index contributed by atoms with van der Waals surface area (Å²) in [5.41, 5.74) is 0.0310. The molecule has 1 saturated carbocycles. The maximum absolute atomic E-state index is 14.3. The molecular weight excluding hydrogens is 459 g/mol. The molecule has 2 amide bonds. The van der Waals surface area contributed by atoms with Crippen molar-refractivity contribution in [1.82, 2.24) is 15.6 Å². The Bertz CT molecular complexity index is 1180. The number of carbonyl (C=O) groups is 3. The van der Waals surface area contributed by atoms with Gasteiger partial charge in [-0.3, -0.25) is 14.4 Å². The van der Waals surface area contributed by atoms with Gasteiger partial charge in [-0.1, -0.05) is 30.5 Å². The highest BCUT2D eigenvalue weighted by Crippen LogP contribution is 2.37. The number of hydrogen-bond acceptors (Lipinski definition) is 4. The molecule has 1 aliphatic carbocycles. The van der Waals surface area contributed by atoms with E-state index in [1.54, 1.807) is 12.1 Å². The molecule has 1 saturated heterocycles. The van der Waals surface area contributed by atoms with Crippen molar-refractivity contribution in [2.24, 2.45) is 17.8 Å². The first-order chi connectivity index (χ1) is 16.1. The number of Topliss-reactive ketones (excluding diaryl/α,β-unsaturated/α-hetero) is 1. The second-order valence-electron chi connectivity index (χ2n) is 10.2. The van der Waals surface area contributed by atoms with Gasteiger partial charge in [-0.05, 0) is 51.2 Å². The van der Waals surface area contributed by atoms with Crippen LogP contribution in [-0.4, -0.2) is 34.2 Å². The number of aromatic amines is 1. The number of ketones is 1. The lowest BCUT2D eigenvalue weighted by Gasteiger charge is -2.20. The van der Waals surface area contributed by atoms with E-state index in [2.05, 4.69) is 21.7 Å². The molecular formula is C25H28ClFN4O3. The number of carbonyl (C=O) groups excluding carboxylic acids is 3. The summed E-state index contributed by atoms with van der Waals surface area (Å²) in [5, 5.41) is 15.7. The fourth-order valence-electron chi connectivity index (χ4n) is 4.77. The van der Waals surface area contributed by atoms with Crippen LogP contribution in [0, 0.1) is 34.9 Å². The average molecular weight is 487 g/mol. The molecule has 3 N–H and O–H groups in total. The molecule has 1 aromatic heterocycles. The van der Waals surface area contributed by atoms with Gasteiger partial charge in [0.15, 0.2) is 11.6 Å². The lowest BCUT2D eigenvalue weighted by atomic mass is 9.90. The number of benzene rings is 1. The third-order valence-corrected chi connectivity index (χ3v) is 6.98. The number of rotatable bonds is 9. The van der Waals surface area contributed by atoms with Crippen LogP contribution in [0.25, 0.3) is 10.9 Å². The molecule has 1 aromatic carbocycles. The van der Waals surface area contributed by atoms with Gasteiger partial charge in [0.25, 0.3) is 0 Å². The zero-order valence-electron chi connectivity index (χ0n) is 19.2. The minimum absolute atomic E-state index is 0.0405. The van der Waals surface area contributed by atoms with Crippen LogP contribution >= 0.6 is 11.6 Å². The topological polar surface area (TPSA) is 115 Å². The van der Waals surface area contributed by atoms with Crippen LogP contribution in [0.15, 0.2) is 18.2 Å². The highest BCUT2D eigenvalue weighted by molar-refractivity contribution is 6.31. The second kappa shape index (κ2) is 9.38. The SMILES string of the molecule is CC1(C)CC(CC(C#N)NC(=O)C(CC(=O)c2cc3ccc(Cl)c(F)c3[nH]2)CC2CC2)C(=O)N1. The molecule has 2 heterocycles. The van der Waals surface area contributed by atoms with Crippen LogP contribution in [-0.2, 0) is 9.59 Å². The molecule has 4 rings (SSSR count). The number of amides is 2. The van der Waals surface area contributed by atoms with E-state index >= 15 is 0 Å². The van der Waals surface area contributed by atoms with Gasteiger partial charge >= 0.3 is 0 Å². The molecule has 180 valence electrons. The van der Waals surface area contributed by atoms with Gasteiger partial charge in [-0.15, -0.1) is 0 Å². The zero-order valence-corrected chi connectivity index (χ0v) is 20.0. The van der Waals surface area contributed by atoms with E-state index in [1.165, 1.54) is 6.07 Å². The van der Waals surface area contributed by atoms with Crippen molar-refractivity contribution < 1.29 is 18.8 Å². The second-order valence-corrected chi connectivity index (χ2v) is 10.6. The molecule has 0 radical (unpaired) electrons. The van der Waals surface area contributed by atoms with Gasteiger partial charge in [0.05, 0.1) is 22.3 Å². The molecule has 3 atom stereocenters. The summed E-state index contributed by atoms with van der Waals surface area (Å²) in [6.45, 7) is 3.85. The van der Waals surface area contributed by atoms with Crippen molar-refractivity contribution in [3.63, 3.8) is 0 Å². The Morgan fingerprint density at radius 1 is 1.32 bits per heavy atom. The van der Waals surface area contributed by atoms with Crippen molar-refractivity contribution in [2.45, 2.75) is 64.0 Å². The largest absolute Gasteiger partial charge is 0.351 e. The van der Waals surface area contributed by atoms with Crippen LogP contribution < -0.4 is 10.6 Å². The van der Waals surface area contributed by atoms with E-state index in [-0.39, 0.29) is 58.1 Å². The first-order valence-corrected chi connectivity index (χ1v) is 12.0. The molecule has 2 fully saturated rings. The summed E-state index contributed by atoms with van der Waals surface area (Å²) < 4.78 is 14.3. The Morgan fingerprint density at radius 3 is 2.68 bits per heavy atom. The fraction of sp³-hybridized carbons (Fsp3) is 0.520. The fourth-order valence-corrected chi connectivity index (χ4v) is 4.92. The molecule has 0 bridgehead atoms. The summed E-state index contributed by atoms with van der Waals surface area (Å²) in [5.74, 6) is -1.99. The van der Waals surface area contributed by atoms with Gasteiger partial charge in [-0.25, -0.2) is 4.39 Å². The van der Waals surface area contributed by atoms with E-state index in [0.717, 1.165) is 12.8 Å². The summed E-state index contributed by atoms with van der Waals surface area (Å²) in [6.07, 6.45) is 3.32. The van der Waals surface area contributed by atoms with Crippen LogP contribution in [0.2, 0.25) is 5.02 Å². The van der Waals surface area contributed by atoms with E-state index in [1.807, 2.05) is 13.8 Å². The van der Waals surface area contributed by atoms with E-state index in [4.69, 9.17) is 11.6 Å². The first-order valence-electron chi connectivity index (χ1n) is 11.6. The molecule has 2 aromatic rings. The number of nitrogens with one attached hydrogen (secondary N) is 3. The Kier molecular flexibility index (Phi) is 6.68. The number of fused-ring (bicyclic) bond motifs is 1. The molecule has 2 aliphatic rings. The molecule has 9 heteroatoms. The summed E-state index contributed by atoms with van der Waals surface area (Å²) in [6, 6.07) is 5.88. The lowest BCUT2D eigenvalue weighted by Crippen LogP contribution is -2.40. The van der Waals surface area contributed by atoms with Gasteiger partial charge in [-0.2, -0.15) is 5.26 Å². The summed E-state index contributed by atoms with van der Waals surface area (Å²) >= 11 is 5.83. The number of nitriles is 1. The summed E-state index contributed by atoms with van der Waals surface area (Å²) in [4.78, 5) is 41.1. The maximum Gasteiger partial charge on any atom is 0.224 e. The highest BCUT2D eigenvalue weighted by atomic mass is 35.5. The van der Waals surface area contributed by atoms with Crippen molar-refractivity contribution >= 4 is 40.1 Å². The van der Waals surface area contributed by atoms with Crippen LogP contribution in [0.1, 0.15) is 62.9 Å². The van der Waals surface area contributed by atoms with Crippen LogP contribution in [0.3, 0.4) is 0 Å². The van der Waals surface area contributed by atoms with E-state index in [0.29, 0.717) is 24.1 Å². The quantitative estimate of drug-likeness (QED) is 0.459. The monoisotopic (exact) mass is 486 g/mol. The average Bonchev–Trinajstić information content (AvgIpc) is 3.41. The molecule has 34 heavy (non-hydrogen) atoms. The highest BCUT2D eigenvalue weighted by Gasteiger charge is 2.39. The van der Waals surface area contributed by atoms with Gasteiger partial charge in [0, 0.05) is 29.2 Å². The van der Waals surface area contributed by atoms with Gasteiger partial charge in [0.2, 0.25) is 11.8 Å². The van der Waals surface area contributed by atoms with Crippen molar-refractivity contribution in [3.8, 4) is 6.07 Å². The van der Waals surface area contributed by atoms with Crippen molar-refractivity contribution in [1.29, 1.82) is 5.26 Å². The predicted molar refractivity (Wildman–Crippen MR) is 126 cm³/mol. The maximum atomic E-state index is 14.3. The lowest BCUT2D eigenvalue weighted by molar-refractivity contribution is -0.127. The number of nitrogens with zero attached hydrogens (tertiary/aromatic N) is 1. The molecule has 7 nitrogen and oxygen atoms in total. The van der Waals surface area contributed by atoms with Gasteiger partial charge in [0.1, 0.15) is 6.04 Å². The Balaban J connectivity index is 1.44. The van der Waals surface area contributed by atoms with Crippen molar-refractivity contribution in [2.75, 3.05) is 0 Å². The third kappa shape index (κ3) is 5.41. The molecule has 0 spiro atoms. The number of aromatic nitrogens is 1. The smallest absolute Gasteiger partial charge is 0.224 e. The van der Waals surface area contributed by atoms with Crippen LogP contribution in [0.4, 0.5) is 4.39 Å². The minimum Gasteiger partial charge on any atom is -0.351 e.